The molecule has 4 heteroatoms. The Labute approximate surface area is 108 Å². The molecule has 1 amide bonds. The van der Waals surface area contributed by atoms with Gasteiger partial charge in [-0.1, -0.05) is 13.0 Å². The van der Waals surface area contributed by atoms with Crippen molar-refractivity contribution < 1.29 is 9.90 Å². The van der Waals surface area contributed by atoms with E-state index >= 15 is 0 Å². The summed E-state index contributed by atoms with van der Waals surface area (Å²) in [6.45, 7) is 5.90. The highest BCUT2D eigenvalue weighted by molar-refractivity contribution is 5.83. The minimum absolute atomic E-state index is 0.0270. The normalized spacial score (nSPS) is 15.8. The number of nitrogens with zero attached hydrogens (tertiary/aromatic N) is 1. The van der Waals surface area contributed by atoms with Crippen LogP contribution in [0.1, 0.15) is 45.1 Å². The maximum atomic E-state index is 12.2. The highest BCUT2D eigenvalue weighted by atomic mass is 16.3. The lowest BCUT2D eigenvalue weighted by Crippen LogP contribution is -2.47. The van der Waals surface area contributed by atoms with Crippen LogP contribution >= 0.6 is 0 Å². The van der Waals surface area contributed by atoms with Gasteiger partial charge in [0, 0.05) is 24.5 Å². The second kappa shape index (κ2) is 6.50. The van der Waals surface area contributed by atoms with Crippen LogP contribution in [0.25, 0.3) is 0 Å². The number of carbonyl (C=O) groups is 1. The van der Waals surface area contributed by atoms with Crippen LogP contribution in [0, 0.1) is 0 Å². The lowest BCUT2D eigenvalue weighted by molar-refractivity contribution is -0.124. The molecule has 1 heterocycles. The number of aliphatic hydroxyl groups is 1. The zero-order valence-electron chi connectivity index (χ0n) is 11.3. The number of nitrogens with one attached hydrogen (secondary N) is 1. The molecule has 1 aromatic heterocycles. The molecule has 2 N–H and O–H groups in total. The predicted molar refractivity (Wildman–Crippen MR) is 71.2 cm³/mol. The van der Waals surface area contributed by atoms with Crippen molar-refractivity contribution in [1.29, 1.82) is 0 Å². The largest absolute Gasteiger partial charge is 0.396 e. The number of pyridine rings is 1. The first-order valence-electron chi connectivity index (χ1n) is 6.35. The summed E-state index contributed by atoms with van der Waals surface area (Å²) >= 11 is 0. The number of aliphatic hydroxyl groups excluding tert-OH is 1. The molecule has 2 atom stereocenters. The Kier molecular flexibility index (Phi) is 5.28. The molecule has 0 radical (unpaired) electrons. The van der Waals surface area contributed by atoms with Gasteiger partial charge in [-0.2, -0.15) is 0 Å². The van der Waals surface area contributed by atoms with Crippen molar-refractivity contribution in [3.63, 3.8) is 0 Å². The molecule has 0 aliphatic carbocycles. The van der Waals surface area contributed by atoms with Gasteiger partial charge in [0.25, 0.3) is 0 Å². The van der Waals surface area contributed by atoms with Gasteiger partial charge in [-0.05, 0) is 38.3 Å². The van der Waals surface area contributed by atoms with Crippen LogP contribution < -0.4 is 5.32 Å². The third-order valence-corrected chi connectivity index (χ3v) is 3.45. The third kappa shape index (κ3) is 3.81. The van der Waals surface area contributed by atoms with Crippen LogP contribution in [0.4, 0.5) is 0 Å². The van der Waals surface area contributed by atoms with Crippen molar-refractivity contribution in [3.8, 4) is 0 Å². The third-order valence-electron chi connectivity index (χ3n) is 3.45. The van der Waals surface area contributed by atoms with E-state index in [1.165, 1.54) is 0 Å². The van der Waals surface area contributed by atoms with Crippen LogP contribution in [0.5, 0.6) is 0 Å². The zero-order chi connectivity index (χ0) is 13.6. The van der Waals surface area contributed by atoms with E-state index in [2.05, 4.69) is 10.3 Å². The summed E-state index contributed by atoms with van der Waals surface area (Å²) in [5.74, 6) is -0.260. The minimum Gasteiger partial charge on any atom is -0.396 e. The molecule has 4 nitrogen and oxygen atoms in total. The maximum Gasteiger partial charge on any atom is 0.227 e. The molecule has 2 unspecified atom stereocenters. The Hall–Kier alpha value is -1.42. The number of hydrogen-bond donors (Lipinski definition) is 2. The Morgan fingerprint density at radius 2 is 2.33 bits per heavy atom. The lowest BCUT2D eigenvalue weighted by Gasteiger charge is -2.30. The summed E-state index contributed by atoms with van der Waals surface area (Å²) in [5, 5.41) is 12.1. The van der Waals surface area contributed by atoms with E-state index in [1.807, 2.05) is 32.9 Å². The molecule has 0 saturated carbocycles. The van der Waals surface area contributed by atoms with Crippen molar-refractivity contribution in [1.82, 2.24) is 10.3 Å². The molecule has 0 aliphatic heterocycles. The van der Waals surface area contributed by atoms with Gasteiger partial charge in [0.2, 0.25) is 5.91 Å². The standard InChI is InChI=1S/C14H22N2O2/c1-4-14(3,7-9-17)16-13(18)11(2)12-6-5-8-15-10-12/h5-6,8,10-11,17H,4,7,9H2,1-3H3,(H,16,18). The molecule has 0 spiro atoms. The first kappa shape index (κ1) is 14.6. The van der Waals surface area contributed by atoms with Gasteiger partial charge in [-0.3, -0.25) is 9.78 Å². The van der Waals surface area contributed by atoms with Crippen LogP contribution in [0.3, 0.4) is 0 Å². The first-order valence-corrected chi connectivity index (χ1v) is 6.35. The van der Waals surface area contributed by atoms with Crippen LogP contribution in [-0.2, 0) is 4.79 Å². The quantitative estimate of drug-likeness (QED) is 0.810. The van der Waals surface area contributed by atoms with Crippen molar-refractivity contribution in [2.75, 3.05) is 6.61 Å². The number of amides is 1. The Balaban J connectivity index is 2.70. The van der Waals surface area contributed by atoms with E-state index in [4.69, 9.17) is 5.11 Å². The van der Waals surface area contributed by atoms with E-state index in [9.17, 15) is 4.79 Å². The second-order valence-corrected chi connectivity index (χ2v) is 4.89. The van der Waals surface area contributed by atoms with Gasteiger partial charge < -0.3 is 10.4 Å². The highest BCUT2D eigenvalue weighted by Crippen LogP contribution is 2.18. The summed E-state index contributed by atoms with van der Waals surface area (Å²) < 4.78 is 0. The average Bonchev–Trinajstić information content (AvgIpc) is 2.39. The van der Waals surface area contributed by atoms with Gasteiger partial charge in [0.15, 0.2) is 0 Å². The number of carbonyl (C=O) groups excluding carboxylic acids is 1. The topological polar surface area (TPSA) is 62.2 Å². The zero-order valence-corrected chi connectivity index (χ0v) is 11.3. The van der Waals surface area contributed by atoms with Crippen LogP contribution in [0.2, 0.25) is 0 Å². The fourth-order valence-corrected chi connectivity index (χ4v) is 1.76. The van der Waals surface area contributed by atoms with Gasteiger partial charge in [-0.15, -0.1) is 0 Å². The van der Waals surface area contributed by atoms with E-state index in [0.717, 1.165) is 12.0 Å². The molecular formula is C14H22N2O2. The van der Waals surface area contributed by atoms with E-state index in [0.29, 0.717) is 6.42 Å². The fourth-order valence-electron chi connectivity index (χ4n) is 1.76. The average molecular weight is 250 g/mol. The minimum atomic E-state index is -0.345. The molecule has 0 bridgehead atoms. The van der Waals surface area contributed by atoms with Gasteiger partial charge in [-0.25, -0.2) is 0 Å². The number of aromatic nitrogens is 1. The van der Waals surface area contributed by atoms with E-state index in [-0.39, 0.29) is 24.0 Å². The SMILES string of the molecule is CCC(C)(CCO)NC(=O)C(C)c1cccnc1. The Bertz CT molecular complexity index is 381. The predicted octanol–water partition coefficient (Wildman–Crippen LogP) is 1.85. The fraction of sp³-hybridized carbons (Fsp3) is 0.571. The summed E-state index contributed by atoms with van der Waals surface area (Å²) in [6, 6.07) is 3.72. The monoisotopic (exact) mass is 250 g/mol. The smallest absolute Gasteiger partial charge is 0.227 e. The molecule has 1 aromatic rings. The van der Waals surface area contributed by atoms with Crippen molar-refractivity contribution in [2.24, 2.45) is 0 Å². The molecule has 0 saturated heterocycles. The summed E-state index contributed by atoms with van der Waals surface area (Å²) in [4.78, 5) is 16.2. The van der Waals surface area contributed by atoms with E-state index < -0.39 is 0 Å². The van der Waals surface area contributed by atoms with Gasteiger partial charge in [0.1, 0.15) is 0 Å². The van der Waals surface area contributed by atoms with Crippen molar-refractivity contribution in [3.05, 3.63) is 30.1 Å². The van der Waals surface area contributed by atoms with Crippen molar-refractivity contribution in [2.45, 2.75) is 45.1 Å². The molecule has 1 rings (SSSR count). The second-order valence-electron chi connectivity index (χ2n) is 4.89. The molecule has 100 valence electrons. The maximum absolute atomic E-state index is 12.2. The molecule has 18 heavy (non-hydrogen) atoms. The molecule has 0 fully saturated rings. The lowest BCUT2D eigenvalue weighted by atomic mass is 9.93. The molecular weight excluding hydrogens is 228 g/mol. The first-order chi connectivity index (χ1) is 8.52. The Morgan fingerprint density at radius 1 is 1.61 bits per heavy atom. The summed E-state index contributed by atoms with van der Waals surface area (Å²) in [6.07, 6.45) is 4.75. The Morgan fingerprint density at radius 3 is 2.83 bits per heavy atom. The van der Waals surface area contributed by atoms with Gasteiger partial charge in [0.05, 0.1) is 5.92 Å². The number of hydrogen-bond acceptors (Lipinski definition) is 3. The summed E-state index contributed by atoms with van der Waals surface area (Å²) in [7, 11) is 0. The number of rotatable bonds is 6. The van der Waals surface area contributed by atoms with Crippen LogP contribution in [-0.4, -0.2) is 28.1 Å². The summed E-state index contributed by atoms with van der Waals surface area (Å²) in [5.41, 5.74) is 0.555. The molecule has 0 aromatic carbocycles. The van der Waals surface area contributed by atoms with E-state index in [1.54, 1.807) is 12.4 Å². The van der Waals surface area contributed by atoms with Crippen molar-refractivity contribution >= 4 is 5.91 Å². The highest BCUT2D eigenvalue weighted by Gasteiger charge is 2.26. The van der Waals surface area contributed by atoms with Gasteiger partial charge >= 0.3 is 0 Å². The molecule has 0 aliphatic rings. The van der Waals surface area contributed by atoms with Crippen LogP contribution in [0.15, 0.2) is 24.5 Å².